The zero-order valence-electron chi connectivity index (χ0n) is 23.0. The first-order chi connectivity index (χ1) is 16.2. The minimum absolute atomic E-state index is 0.0494. The fraction of sp³-hybridized carbons (Fsp3) is 0.839. The molecule has 0 aromatic rings. The summed E-state index contributed by atoms with van der Waals surface area (Å²) in [6, 6.07) is 0. The summed E-state index contributed by atoms with van der Waals surface area (Å²) in [5.74, 6) is 1.70. The highest BCUT2D eigenvalue weighted by molar-refractivity contribution is 6.10. The Hall–Kier alpha value is -1.45. The van der Waals surface area contributed by atoms with Gasteiger partial charge in [-0.05, 0) is 90.3 Å². The highest BCUT2D eigenvalue weighted by atomic mass is 16.4. The molecule has 5 aliphatic carbocycles. The fourth-order valence-corrected chi connectivity index (χ4v) is 10.7. The molecule has 3 fully saturated rings. The van der Waals surface area contributed by atoms with E-state index in [4.69, 9.17) is 0 Å². The summed E-state index contributed by atoms with van der Waals surface area (Å²) in [7, 11) is 0. The van der Waals surface area contributed by atoms with E-state index in [2.05, 4.69) is 48.5 Å². The zero-order valence-corrected chi connectivity index (χ0v) is 23.0. The van der Waals surface area contributed by atoms with Crippen molar-refractivity contribution in [1.29, 1.82) is 0 Å². The third-order valence-corrected chi connectivity index (χ3v) is 12.7. The number of allylic oxidation sites excluding steroid dienone is 2. The number of hydrogen-bond donors (Lipinski definition) is 1. The molecule has 0 aromatic carbocycles. The van der Waals surface area contributed by atoms with Gasteiger partial charge >= 0.3 is 5.97 Å². The number of carbonyl (C=O) groups excluding carboxylic acids is 2. The number of fused-ring (bicyclic) bond motifs is 6. The number of Topliss-reactive ketones (excluding diaryl/α,β-unsaturated/α-hetero) is 2. The highest BCUT2D eigenvalue weighted by Crippen LogP contribution is 2.71. The van der Waals surface area contributed by atoms with E-state index in [1.165, 1.54) is 0 Å². The summed E-state index contributed by atoms with van der Waals surface area (Å²) in [5.41, 5.74) is 1.38. The molecule has 0 heterocycles. The first kappa shape index (κ1) is 25.2. The Bertz CT molecular complexity index is 1010. The predicted molar refractivity (Wildman–Crippen MR) is 137 cm³/mol. The average Bonchev–Trinajstić information content (AvgIpc) is 2.74. The molecule has 0 aromatic heterocycles. The van der Waals surface area contributed by atoms with Crippen molar-refractivity contribution in [2.45, 2.75) is 106 Å². The van der Waals surface area contributed by atoms with Crippen LogP contribution in [0.5, 0.6) is 0 Å². The van der Waals surface area contributed by atoms with Crippen molar-refractivity contribution < 1.29 is 19.5 Å². The molecular formula is C31H46O4. The van der Waals surface area contributed by atoms with Gasteiger partial charge in [0.15, 0.2) is 11.6 Å². The first-order valence-electron chi connectivity index (χ1n) is 14.2. The summed E-state index contributed by atoms with van der Waals surface area (Å²) in [6.45, 7) is 16.1. The van der Waals surface area contributed by atoms with Gasteiger partial charge in [-0.1, -0.05) is 48.5 Å². The SMILES string of the molecule is CC1CCC2(C)CC(=O)C3=C(C(=O)CC4C3(C)CCC3C(C)(C)C(CC(=O)O)CCC43C)C2C1C. The zero-order chi connectivity index (χ0) is 25.7. The van der Waals surface area contributed by atoms with Crippen LogP contribution >= 0.6 is 0 Å². The largest absolute Gasteiger partial charge is 0.481 e. The van der Waals surface area contributed by atoms with Gasteiger partial charge in [0, 0.05) is 35.8 Å². The van der Waals surface area contributed by atoms with E-state index in [9.17, 15) is 19.5 Å². The second-order valence-electron chi connectivity index (χ2n) is 14.7. The van der Waals surface area contributed by atoms with E-state index in [1.807, 2.05) is 0 Å². The van der Waals surface area contributed by atoms with Gasteiger partial charge in [-0.3, -0.25) is 14.4 Å². The van der Waals surface area contributed by atoms with Crippen molar-refractivity contribution >= 4 is 17.5 Å². The van der Waals surface area contributed by atoms with Crippen molar-refractivity contribution in [3.8, 4) is 0 Å². The molecule has 0 saturated heterocycles. The van der Waals surface area contributed by atoms with Gasteiger partial charge in [-0.15, -0.1) is 0 Å². The topological polar surface area (TPSA) is 71.4 Å². The lowest BCUT2D eigenvalue weighted by Crippen LogP contribution is -2.61. The van der Waals surface area contributed by atoms with Gasteiger partial charge < -0.3 is 5.11 Å². The maximum Gasteiger partial charge on any atom is 0.303 e. The Labute approximate surface area is 211 Å². The van der Waals surface area contributed by atoms with E-state index in [1.54, 1.807) is 0 Å². The van der Waals surface area contributed by atoms with Crippen LogP contribution in [0, 0.1) is 57.2 Å². The molecule has 0 spiro atoms. The molecule has 0 amide bonds. The second kappa shape index (κ2) is 7.78. The number of carbonyl (C=O) groups is 3. The molecule has 5 rings (SSSR count). The van der Waals surface area contributed by atoms with Crippen molar-refractivity contribution in [3.63, 3.8) is 0 Å². The van der Waals surface area contributed by atoms with Crippen LogP contribution in [0.1, 0.15) is 106 Å². The van der Waals surface area contributed by atoms with Crippen molar-refractivity contribution in [2.24, 2.45) is 57.2 Å². The third-order valence-electron chi connectivity index (χ3n) is 12.7. The summed E-state index contributed by atoms with van der Waals surface area (Å²) >= 11 is 0. The van der Waals surface area contributed by atoms with E-state index >= 15 is 0 Å². The maximum absolute atomic E-state index is 14.1. The Balaban J connectivity index is 1.60. The second-order valence-corrected chi connectivity index (χ2v) is 14.7. The van der Waals surface area contributed by atoms with E-state index in [0.717, 1.165) is 49.7 Å². The summed E-state index contributed by atoms with van der Waals surface area (Å²) in [5, 5.41) is 9.55. The van der Waals surface area contributed by atoms with Crippen molar-refractivity contribution in [3.05, 3.63) is 11.1 Å². The average molecular weight is 483 g/mol. The summed E-state index contributed by atoms with van der Waals surface area (Å²) < 4.78 is 0. The first-order valence-corrected chi connectivity index (χ1v) is 14.2. The predicted octanol–water partition coefficient (Wildman–Crippen LogP) is 6.87. The molecule has 4 heteroatoms. The lowest BCUT2D eigenvalue weighted by atomic mass is 9.37. The molecule has 194 valence electrons. The monoisotopic (exact) mass is 482 g/mol. The lowest BCUT2D eigenvalue weighted by Gasteiger charge is -2.66. The quantitative estimate of drug-likeness (QED) is 0.466. The number of ketones is 2. The fourth-order valence-electron chi connectivity index (χ4n) is 10.7. The van der Waals surface area contributed by atoms with Gasteiger partial charge in [0.25, 0.3) is 0 Å². The molecule has 5 aliphatic rings. The minimum Gasteiger partial charge on any atom is -0.481 e. The Morgan fingerprint density at radius 2 is 1.60 bits per heavy atom. The number of carboxylic acid groups (broad SMARTS) is 1. The molecule has 0 bridgehead atoms. The van der Waals surface area contributed by atoms with Crippen LogP contribution in [-0.2, 0) is 14.4 Å². The molecule has 9 unspecified atom stereocenters. The molecule has 0 radical (unpaired) electrons. The maximum atomic E-state index is 14.1. The van der Waals surface area contributed by atoms with Crippen LogP contribution in [0.25, 0.3) is 0 Å². The van der Waals surface area contributed by atoms with Gasteiger partial charge in [-0.25, -0.2) is 0 Å². The van der Waals surface area contributed by atoms with Gasteiger partial charge in [-0.2, -0.15) is 0 Å². The number of hydrogen-bond acceptors (Lipinski definition) is 3. The molecule has 3 saturated carbocycles. The normalized spacial score (nSPS) is 49.0. The Morgan fingerprint density at radius 3 is 2.26 bits per heavy atom. The number of aliphatic carboxylic acids is 1. The molecule has 4 nitrogen and oxygen atoms in total. The van der Waals surface area contributed by atoms with Crippen LogP contribution in [-0.4, -0.2) is 22.6 Å². The van der Waals surface area contributed by atoms with Gasteiger partial charge in [0.05, 0.1) is 0 Å². The number of rotatable bonds is 2. The van der Waals surface area contributed by atoms with Crippen LogP contribution in [0.15, 0.2) is 11.1 Å². The number of carboxylic acids is 1. The van der Waals surface area contributed by atoms with Crippen LogP contribution in [0.4, 0.5) is 0 Å². The molecular weight excluding hydrogens is 436 g/mol. The summed E-state index contributed by atoms with van der Waals surface area (Å²) in [4.78, 5) is 39.7. The van der Waals surface area contributed by atoms with E-state index in [-0.39, 0.29) is 57.4 Å². The Morgan fingerprint density at radius 1 is 0.914 bits per heavy atom. The third kappa shape index (κ3) is 3.33. The highest BCUT2D eigenvalue weighted by Gasteiger charge is 2.66. The van der Waals surface area contributed by atoms with Crippen LogP contribution in [0.2, 0.25) is 0 Å². The summed E-state index contributed by atoms with van der Waals surface area (Å²) in [6.07, 6.45) is 7.36. The van der Waals surface area contributed by atoms with Gasteiger partial charge in [0.2, 0.25) is 0 Å². The lowest BCUT2D eigenvalue weighted by molar-refractivity contribution is -0.165. The molecule has 9 atom stereocenters. The molecule has 1 N–H and O–H groups in total. The van der Waals surface area contributed by atoms with E-state index < -0.39 is 5.97 Å². The van der Waals surface area contributed by atoms with E-state index in [0.29, 0.717) is 30.6 Å². The van der Waals surface area contributed by atoms with Gasteiger partial charge in [0.1, 0.15) is 0 Å². The minimum atomic E-state index is -0.707. The van der Waals surface area contributed by atoms with Crippen molar-refractivity contribution in [1.82, 2.24) is 0 Å². The van der Waals surface area contributed by atoms with Crippen LogP contribution < -0.4 is 0 Å². The standard InChI is InChI=1S/C31H46O4/c1-17-8-11-29(5)16-21(33)27-25(26(29)18(17)2)20(32)15-23-30(6)12-9-19(14-24(34)35)28(3,4)22(30)10-13-31(23,27)7/h17-19,22-23,26H,8-16H2,1-7H3,(H,34,35). The Kier molecular flexibility index (Phi) is 5.60. The smallest absolute Gasteiger partial charge is 0.303 e. The molecule has 0 aliphatic heterocycles. The molecule has 35 heavy (non-hydrogen) atoms. The van der Waals surface area contributed by atoms with Crippen molar-refractivity contribution in [2.75, 3.05) is 0 Å². The van der Waals surface area contributed by atoms with Crippen LogP contribution in [0.3, 0.4) is 0 Å².